The number of amides is 1. The van der Waals surface area contributed by atoms with Gasteiger partial charge in [-0.3, -0.25) is 9.69 Å². The smallest absolute Gasteiger partial charge is 0.219 e. The Kier molecular flexibility index (Phi) is 3.83. The lowest BCUT2D eigenvalue weighted by molar-refractivity contribution is -0.130. The molecule has 2 heterocycles. The molecule has 4 nitrogen and oxygen atoms in total. The first kappa shape index (κ1) is 13.7. The van der Waals surface area contributed by atoms with Crippen LogP contribution in [0.15, 0.2) is 18.5 Å². The maximum Gasteiger partial charge on any atom is 0.219 e. The molecule has 1 aliphatic carbocycles. The molecule has 0 unspecified atom stereocenters. The summed E-state index contributed by atoms with van der Waals surface area (Å²) in [7, 11) is 2.07. The lowest BCUT2D eigenvalue weighted by atomic mass is 10.2. The van der Waals surface area contributed by atoms with Crippen LogP contribution in [0.5, 0.6) is 0 Å². The first-order valence-electron chi connectivity index (χ1n) is 7.75. The molecule has 1 saturated carbocycles. The van der Waals surface area contributed by atoms with Crippen LogP contribution in [-0.4, -0.2) is 45.4 Å². The number of hydrogen-bond donors (Lipinski definition) is 0. The highest BCUT2D eigenvalue weighted by molar-refractivity contribution is 5.74. The Hall–Kier alpha value is -1.29. The monoisotopic (exact) mass is 275 g/mol. The number of likely N-dealkylation sites (tertiary alicyclic amines) is 1. The van der Waals surface area contributed by atoms with E-state index in [1.165, 1.54) is 31.2 Å². The van der Waals surface area contributed by atoms with E-state index in [4.69, 9.17) is 0 Å². The van der Waals surface area contributed by atoms with Crippen LogP contribution in [0.2, 0.25) is 0 Å². The van der Waals surface area contributed by atoms with Gasteiger partial charge in [0.2, 0.25) is 5.91 Å². The number of hydrogen-bond acceptors (Lipinski definition) is 2. The molecule has 0 radical (unpaired) electrons. The Morgan fingerprint density at radius 1 is 1.40 bits per heavy atom. The van der Waals surface area contributed by atoms with Gasteiger partial charge in [-0.15, -0.1) is 0 Å². The lowest BCUT2D eigenvalue weighted by Crippen LogP contribution is -2.43. The Morgan fingerprint density at radius 2 is 2.20 bits per heavy atom. The second-order valence-corrected chi connectivity index (χ2v) is 6.35. The standard InChI is InChI=1S/C16H25N3O/c1-13(20)19(15-5-6-15)12-16-4-3-8-18(16)11-14-7-9-17(2)10-14/h7,9-10,15-16H,3-6,8,11-12H2,1-2H3/t16-/m0/s1. The first-order valence-corrected chi connectivity index (χ1v) is 7.75. The van der Waals surface area contributed by atoms with Crippen molar-refractivity contribution in [2.24, 2.45) is 7.05 Å². The predicted molar refractivity (Wildman–Crippen MR) is 79.3 cm³/mol. The van der Waals surface area contributed by atoms with E-state index in [2.05, 4.69) is 39.9 Å². The minimum absolute atomic E-state index is 0.249. The summed E-state index contributed by atoms with van der Waals surface area (Å²) in [6.45, 7) is 4.82. The van der Waals surface area contributed by atoms with Crippen LogP contribution in [0.25, 0.3) is 0 Å². The molecule has 20 heavy (non-hydrogen) atoms. The van der Waals surface area contributed by atoms with Gasteiger partial charge in [0.1, 0.15) is 0 Å². The molecule has 0 aromatic carbocycles. The summed E-state index contributed by atoms with van der Waals surface area (Å²) in [6, 6.07) is 3.27. The molecule has 110 valence electrons. The maximum atomic E-state index is 11.8. The number of carbonyl (C=O) groups is 1. The van der Waals surface area contributed by atoms with Gasteiger partial charge in [-0.2, -0.15) is 0 Å². The molecular weight excluding hydrogens is 250 g/mol. The van der Waals surface area contributed by atoms with E-state index in [0.29, 0.717) is 12.1 Å². The fourth-order valence-electron chi connectivity index (χ4n) is 3.35. The highest BCUT2D eigenvalue weighted by Gasteiger charge is 2.35. The summed E-state index contributed by atoms with van der Waals surface area (Å²) >= 11 is 0. The molecule has 3 rings (SSSR count). The van der Waals surface area contributed by atoms with E-state index >= 15 is 0 Å². The number of carbonyl (C=O) groups excluding carboxylic acids is 1. The zero-order valence-corrected chi connectivity index (χ0v) is 12.6. The van der Waals surface area contributed by atoms with Gasteiger partial charge in [-0.1, -0.05) is 0 Å². The zero-order chi connectivity index (χ0) is 14.1. The molecule has 2 fully saturated rings. The maximum absolute atomic E-state index is 11.8. The highest BCUT2D eigenvalue weighted by Crippen LogP contribution is 2.29. The van der Waals surface area contributed by atoms with Gasteiger partial charge in [-0.05, 0) is 43.9 Å². The number of aryl methyl sites for hydroxylation is 1. The van der Waals surface area contributed by atoms with Gasteiger partial charge in [-0.25, -0.2) is 0 Å². The Balaban J connectivity index is 1.61. The minimum Gasteiger partial charge on any atom is -0.357 e. The van der Waals surface area contributed by atoms with E-state index in [1.807, 2.05) is 0 Å². The zero-order valence-electron chi connectivity index (χ0n) is 12.6. The number of rotatable bonds is 5. The van der Waals surface area contributed by atoms with Crippen LogP contribution in [0.3, 0.4) is 0 Å². The second kappa shape index (κ2) is 5.60. The third-order valence-electron chi connectivity index (χ3n) is 4.58. The summed E-state index contributed by atoms with van der Waals surface area (Å²) in [4.78, 5) is 16.4. The average molecular weight is 275 g/mol. The Labute approximate surface area is 121 Å². The number of nitrogens with zero attached hydrogens (tertiary/aromatic N) is 3. The van der Waals surface area contributed by atoms with E-state index in [9.17, 15) is 4.79 Å². The molecule has 1 saturated heterocycles. The predicted octanol–water partition coefficient (Wildman–Crippen LogP) is 2.00. The van der Waals surface area contributed by atoms with Crippen LogP contribution in [-0.2, 0) is 18.4 Å². The van der Waals surface area contributed by atoms with Crippen LogP contribution >= 0.6 is 0 Å². The van der Waals surface area contributed by atoms with Crippen molar-refractivity contribution >= 4 is 5.91 Å². The fraction of sp³-hybridized carbons (Fsp3) is 0.688. The van der Waals surface area contributed by atoms with Crippen LogP contribution in [0.1, 0.15) is 38.2 Å². The quantitative estimate of drug-likeness (QED) is 0.822. The average Bonchev–Trinajstić information content (AvgIpc) is 3.02. The topological polar surface area (TPSA) is 28.5 Å². The van der Waals surface area contributed by atoms with Gasteiger partial charge in [0.15, 0.2) is 0 Å². The van der Waals surface area contributed by atoms with Gasteiger partial charge in [0.05, 0.1) is 0 Å². The fourth-order valence-corrected chi connectivity index (χ4v) is 3.35. The first-order chi connectivity index (χ1) is 9.63. The molecular formula is C16H25N3O. The molecule has 2 aliphatic rings. The summed E-state index contributed by atoms with van der Waals surface area (Å²) in [5.74, 6) is 0.249. The lowest BCUT2D eigenvalue weighted by Gasteiger charge is -2.30. The van der Waals surface area contributed by atoms with Crippen molar-refractivity contribution in [1.82, 2.24) is 14.4 Å². The van der Waals surface area contributed by atoms with Gasteiger partial charge in [0.25, 0.3) is 0 Å². The van der Waals surface area contributed by atoms with Crippen molar-refractivity contribution in [2.75, 3.05) is 13.1 Å². The van der Waals surface area contributed by atoms with Crippen LogP contribution < -0.4 is 0 Å². The van der Waals surface area contributed by atoms with E-state index in [1.54, 1.807) is 6.92 Å². The van der Waals surface area contributed by atoms with Crippen molar-refractivity contribution in [2.45, 2.75) is 51.2 Å². The van der Waals surface area contributed by atoms with Crippen molar-refractivity contribution in [3.8, 4) is 0 Å². The second-order valence-electron chi connectivity index (χ2n) is 6.35. The molecule has 1 atom stereocenters. The van der Waals surface area contributed by atoms with Gasteiger partial charge < -0.3 is 9.47 Å². The van der Waals surface area contributed by atoms with E-state index < -0.39 is 0 Å². The van der Waals surface area contributed by atoms with Crippen molar-refractivity contribution in [1.29, 1.82) is 0 Å². The van der Waals surface area contributed by atoms with Gasteiger partial charge >= 0.3 is 0 Å². The Morgan fingerprint density at radius 3 is 2.80 bits per heavy atom. The molecule has 0 spiro atoms. The molecule has 4 heteroatoms. The van der Waals surface area contributed by atoms with Gasteiger partial charge in [0, 0.05) is 51.5 Å². The summed E-state index contributed by atoms with van der Waals surface area (Å²) < 4.78 is 2.10. The highest BCUT2D eigenvalue weighted by atomic mass is 16.2. The van der Waals surface area contributed by atoms with E-state index in [0.717, 1.165) is 19.6 Å². The SMILES string of the molecule is CC(=O)N(C[C@@H]1CCCN1Cc1ccn(C)c1)C1CC1. The third kappa shape index (κ3) is 3.06. The summed E-state index contributed by atoms with van der Waals surface area (Å²) in [6.07, 6.45) is 9.18. The van der Waals surface area contributed by atoms with E-state index in [-0.39, 0.29) is 5.91 Å². The summed E-state index contributed by atoms with van der Waals surface area (Å²) in [5.41, 5.74) is 1.38. The normalized spacial score (nSPS) is 23.2. The largest absolute Gasteiger partial charge is 0.357 e. The minimum atomic E-state index is 0.249. The molecule has 0 N–H and O–H groups in total. The molecule has 1 aromatic heterocycles. The van der Waals surface area contributed by atoms with Crippen LogP contribution in [0.4, 0.5) is 0 Å². The van der Waals surface area contributed by atoms with Crippen molar-refractivity contribution in [3.05, 3.63) is 24.0 Å². The Bertz CT molecular complexity index is 478. The van der Waals surface area contributed by atoms with Crippen LogP contribution in [0, 0.1) is 0 Å². The number of aromatic nitrogens is 1. The van der Waals surface area contributed by atoms with Crippen molar-refractivity contribution in [3.63, 3.8) is 0 Å². The molecule has 1 aromatic rings. The molecule has 0 bridgehead atoms. The third-order valence-corrected chi connectivity index (χ3v) is 4.58. The molecule has 1 amide bonds. The summed E-state index contributed by atoms with van der Waals surface area (Å²) in [5, 5.41) is 0. The molecule has 1 aliphatic heterocycles. The van der Waals surface area contributed by atoms with Crippen molar-refractivity contribution < 1.29 is 4.79 Å².